The van der Waals surface area contributed by atoms with Crippen molar-refractivity contribution in [2.45, 2.75) is 18.5 Å². The lowest BCUT2D eigenvalue weighted by molar-refractivity contribution is -0.173. The van der Waals surface area contributed by atoms with Gasteiger partial charge in [0, 0.05) is 11.1 Å². The predicted octanol–water partition coefficient (Wildman–Crippen LogP) is 18.0. The molecule has 8 amide bonds. The second kappa shape index (κ2) is 23.7. The maximum absolute atomic E-state index is 15.4. The highest BCUT2D eigenvalue weighted by molar-refractivity contribution is 6.39. The van der Waals surface area contributed by atoms with Gasteiger partial charge in [-0.3, -0.25) is 38.4 Å². The van der Waals surface area contributed by atoms with E-state index in [2.05, 4.69) is 0 Å². The number of alkyl halides is 3. The molecule has 0 unspecified atom stereocenters. The van der Waals surface area contributed by atoms with Crippen molar-refractivity contribution < 1.29 is 61.0 Å². The number of ether oxygens (including phenoxy) is 2. The lowest BCUT2D eigenvalue weighted by atomic mass is 9.75. The van der Waals surface area contributed by atoms with Crippen LogP contribution in [0.3, 0.4) is 0 Å². The van der Waals surface area contributed by atoms with E-state index in [-0.39, 0.29) is 90.0 Å². The number of imide groups is 4. The molecule has 0 aromatic heterocycles. The summed E-state index contributed by atoms with van der Waals surface area (Å²) < 4.78 is 58.3. The minimum absolute atomic E-state index is 0.0874. The number of para-hydroxylation sites is 2. The molecular formula is C83H49F3N4O10. The molecule has 0 aliphatic carbocycles. The van der Waals surface area contributed by atoms with Crippen LogP contribution in [0.15, 0.2) is 279 Å². The quantitative estimate of drug-likeness (QED) is 0.0956. The van der Waals surface area contributed by atoms with Gasteiger partial charge in [0.2, 0.25) is 0 Å². The summed E-state index contributed by atoms with van der Waals surface area (Å²) in [5, 5.41) is 0. The molecule has 0 atom stereocenters. The lowest BCUT2D eigenvalue weighted by Crippen LogP contribution is -2.40. The molecule has 100 heavy (non-hydrogen) atoms. The SMILES string of the molecule is CC(c1ccc(Oc2ccc(N3C(=O)c4cccc(-c5ccc6c(c5)C(=O)N(c5ccccc5-c5ccccc5)C6=O)c4C3=O)cc2)cc1)(c1ccc(Oc2ccc(N3C(=O)c4cccc(-c5ccc6c(c5)C(=O)N(c5ccccc5-c5ccccc5)C6=O)c4C3=O)cc2)cc1)C(F)(F)F. The van der Waals surface area contributed by atoms with Crippen molar-refractivity contribution in [1.82, 2.24) is 0 Å². The van der Waals surface area contributed by atoms with Gasteiger partial charge in [0.25, 0.3) is 47.3 Å². The van der Waals surface area contributed by atoms with Gasteiger partial charge in [-0.1, -0.05) is 158 Å². The molecule has 0 bridgehead atoms. The summed E-state index contributed by atoms with van der Waals surface area (Å²) in [5.41, 5.74) is 4.49. The molecule has 0 saturated heterocycles. The Balaban J connectivity index is 0.572. The third-order valence-electron chi connectivity index (χ3n) is 18.8. The number of amides is 8. The van der Waals surface area contributed by atoms with E-state index in [1.807, 2.05) is 84.9 Å². The zero-order valence-electron chi connectivity index (χ0n) is 52.6. The van der Waals surface area contributed by atoms with Crippen molar-refractivity contribution in [3.8, 4) is 67.5 Å². The maximum Gasteiger partial charge on any atom is 0.402 e. The lowest BCUT2D eigenvalue weighted by Gasteiger charge is -2.33. The van der Waals surface area contributed by atoms with E-state index in [0.717, 1.165) is 37.7 Å². The number of hydrogen-bond acceptors (Lipinski definition) is 10. The number of carbonyl (C=O) groups excluding carboxylic acids is 8. The van der Waals surface area contributed by atoms with Crippen molar-refractivity contribution in [1.29, 1.82) is 0 Å². The van der Waals surface area contributed by atoms with Gasteiger partial charge < -0.3 is 9.47 Å². The standard InChI is InChI=1S/C83H49F3N4O10/c1-82(83(84,85)86,52-28-36-56(37-29-52)99-58-40-32-54(33-41-58)87-76(93)66-22-12-20-62(72(66)80(87)97)50-26-44-64-68(46-50)78(95)89(74(64)91)70-24-10-8-18-60(70)48-14-4-2-5-15-48)53-30-38-57(39-31-53)100-59-42-34-55(35-43-59)88-77(94)67-23-13-21-63(73(67)81(88)98)51-27-45-65-69(47-51)79(96)90(75(65)92)71-25-11-9-19-61(71)49-16-6-3-7-17-49/h2-47H,1H3. The van der Waals surface area contributed by atoms with Gasteiger partial charge in [0.1, 0.15) is 28.4 Å². The molecule has 12 aromatic rings. The van der Waals surface area contributed by atoms with Crippen LogP contribution in [0.1, 0.15) is 101 Å². The highest BCUT2D eigenvalue weighted by atomic mass is 19.4. The third kappa shape index (κ3) is 9.96. The molecule has 4 aliphatic heterocycles. The van der Waals surface area contributed by atoms with Gasteiger partial charge in [0.15, 0.2) is 0 Å². The van der Waals surface area contributed by atoms with Crippen LogP contribution in [0.2, 0.25) is 0 Å². The van der Waals surface area contributed by atoms with Gasteiger partial charge in [-0.25, -0.2) is 19.6 Å². The Bertz CT molecular complexity index is 5160. The van der Waals surface area contributed by atoms with E-state index in [9.17, 15) is 38.4 Å². The van der Waals surface area contributed by atoms with Crippen LogP contribution in [0.25, 0.3) is 44.5 Å². The zero-order valence-corrected chi connectivity index (χ0v) is 52.6. The van der Waals surface area contributed by atoms with Crippen molar-refractivity contribution in [2.24, 2.45) is 0 Å². The summed E-state index contributed by atoms with van der Waals surface area (Å²) in [4.78, 5) is 117. The summed E-state index contributed by atoms with van der Waals surface area (Å²) in [6, 6.07) is 75.4. The first-order chi connectivity index (χ1) is 48.4. The fourth-order valence-electron chi connectivity index (χ4n) is 13.6. The van der Waals surface area contributed by atoms with Crippen LogP contribution >= 0.6 is 0 Å². The van der Waals surface area contributed by atoms with E-state index in [1.54, 1.807) is 97.1 Å². The smallest absolute Gasteiger partial charge is 0.402 e. The van der Waals surface area contributed by atoms with Crippen molar-refractivity contribution in [3.63, 3.8) is 0 Å². The summed E-state index contributed by atoms with van der Waals surface area (Å²) >= 11 is 0. The number of anilines is 4. The molecule has 17 heteroatoms. The van der Waals surface area contributed by atoms with Crippen LogP contribution in [0.5, 0.6) is 23.0 Å². The molecule has 4 heterocycles. The minimum atomic E-state index is -4.78. The Morgan fingerprint density at radius 3 is 0.940 bits per heavy atom. The molecular weight excluding hydrogens is 1270 g/mol. The molecule has 0 spiro atoms. The second-order valence-corrected chi connectivity index (χ2v) is 24.4. The van der Waals surface area contributed by atoms with E-state index in [4.69, 9.17) is 9.47 Å². The molecule has 12 aromatic carbocycles. The van der Waals surface area contributed by atoms with Crippen molar-refractivity contribution >= 4 is 70.0 Å². The van der Waals surface area contributed by atoms with Gasteiger partial charge in [-0.15, -0.1) is 0 Å². The zero-order chi connectivity index (χ0) is 68.9. The average Bonchev–Trinajstić information content (AvgIpc) is 1.54. The molecule has 0 N–H and O–H groups in total. The number of rotatable bonds is 14. The highest BCUT2D eigenvalue weighted by Crippen LogP contribution is 2.48. The number of benzene rings is 12. The van der Waals surface area contributed by atoms with Crippen LogP contribution < -0.4 is 29.1 Å². The molecule has 0 saturated carbocycles. The molecule has 16 rings (SSSR count). The summed E-state index contributed by atoms with van der Waals surface area (Å²) in [5.74, 6) is -3.53. The predicted molar refractivity (Wildman–Crippen MR) is 370 cm³/mol. The number of fused-ring (bicyclic) bond motifs is 4. The van der Waals surface area contributed by atoms with Gasteiger partial charge in [0.05, 0.1) is 67.3 Å². The monoisotopic (exact) mass is 1320 g/mol. The summed E-state index contributed by atoms with van der Waals surface area (Å²) in [7, 11) is 0. The van der Waals surface area contributed by atoms with Crippen LogP contribution in [-0.2, 0) is 5.41 Å². The second-order valence-electron chi connectivity index (χ2n) is 24.4. The Morgan fingerprint density at radius 1 is 0.260 bits per heavy atom. The molecule has 482 valence electrons. The van der Waals surface area contributed by atoms with Crippen LogP contribution in [0, 0.1) is 0 Å². The number of hydrogen-bond donors (Lipinski definition) is 0. The Kier molecular flexibility index (Phi) is 14.6. The fourth-order valence-corrected chi connectivity index (χ4v) is 13.6. The highest BCUT2D eigenvalue weighted by Gasteiger charge is 2.54. The van der Waals surface area contributed by atoms with Gasteiger partial charge in [-0.05, 0) is 173 Å². The van der Waals surface area contributed by atoms with Gasteiger partial charge in [-0.2, -0.15) is 13.2 Å². The summed E-state index contributed by atoms with van der Waals surface area (Å²) in [6.45, 7) is 1.08. The average molecular weight is 1320 g/mol. The van der Waals surface area contributed by atoms with E-state index in [1.165, 1.54) is 97.1 Å². The largest absolute Gasteiger partial charge is 0.457 e. The van der Waals surface area contributed by atoms with E-state index in [0.29, 0.717) is 44.8 Å². The minimum Gasteiger partial charge on any atom is -0.457 e. The number of nitrogens with zero attached hydrogens (tertiary/aromatic N) is 4. The van der Waals surface area contributed by atoms with Crippen molar-refractivity contribution in [3.05, 3.63) is 335 Å². The molecule has 0 radical (unpaired) electrons. The van der Waals surface area contributed by atoms with Crippen LogP contribution in [0.4, 0.5) is 35.9 Å². The first-order valence-corrected chi connectivity index (χ1v) is 31.7. The Morgan fingerprint density at radius 2 is 0.570 bits per heavy atom. The Hall–Kier alpha value is -13.4. The van der Waals surface area contributed by atoms with E-state index >= 15 is 13.2 Å². The molecule has 0 fully saturated rings. The molecule has 14 nitrogen and oxygen atoms in total. The molecule has 4 aliphatic rings. The first kappa shape index (κ1) is 61.5. The normalized spacial score (nSPS) is 14.1. The fraction of sp³-hybridized carbons (Fsp3) is 0.0361. The third-order valence-corrected chi connectivity index (χ3v) is 18.8. The first-order valence-electron chi connectivity index (χ1n) is 31.7. The summed E-state index contributed by atoms with van der Waals surface area (Å²) in [6.07, 6.45) is -4.78. The van der Waals surface area contributed by atoms with E-state index < -0.39 is 58.8 Å². The van der Waals surface area contributed by atoms with Crippen LogP contribution in [-0.4, -0.2) is 53.4 Å². The number of halogens is 3. The number of carbonyl (C=O) groups is 8. The van der Waals surface area contributed by atoms with Crippen molar-refractivity contribution in [2.75, 3.05) is 19.6 Å². The maximum atomic E-state index is 15.4. The Labute approximate surface area is 568 Å². The van der Waals surface area contributed by atoms with Gasteiger partial charge >= 0.3 is 6.18 Å². The topological polar surface area (TPSA) is 168 Å².